The van der Waals surface area contributed by atoms with Crippen molar-refractivity contribution in [3.8, 4) is 0 Å². The number of rotatable bonds is 1. The third kappa shape index (κ3) is 1.74. The zero-order valence-corrected chi connectivity index (χ0v) is 8.12. The summed E-state index contributed by atoms with van der Waals surface area (Å²) in [6, 6.07) is 0. The summed E-state index contributed by atoms with van der Waals surface area (Å²) in [7, 11) is 0. The Morgan fingerprint density at radius 1 is 1.38 bits per heavy atom. The Hall–Kier alpha value is -0.100. The number of hydrogen-bond acceptors (Lipinski definition) is 5. The van der Waals surface area contributed by atoms with E-state index in [0.717, 1.165) is 0 Å². The number of fused-ring (bicyclic) bond motifs is 1. The minimum Gasteiger partial charge on any atom is -0.388 e. The molecule has 2 rings (SSSR count). The highest BCUT2D eigenvalue weighted by Gasteiger charge is 2.47. The largest absolute Gasteiger partial charge is 0.388 e. The summed E-state index contributed by atoms with van der Waals surface area (Å²) < 4.78 is 10.7. The standard InChI is InChI=1S/C8H12O4S/c1-4(9)13-6-3-12-7-5(10)2-11-8(6)7/h5-8,10H,2-3H2,1H3/t5-,6-,7+,8+/m0/s1. The first-order valence-corrected chi connectivity index (χ1v) is 5.15. The van der Waals surface area contributed by atoms with Crippen LogP contribution in [0.3, 0.4) is 0 Å². The predicted octanol–water partition coefficient (Wildman–Crippen LogP) is -0.207. The van der Waals surface area contributed by atoms with Crippen LogP contribution in [0.25, 0.3) is 0 Å². The molecule has 0 aromatic heterocycles. The van der Waals surface area contributed by atoms with Crippen molar-refractivity contribution in [2.45, 2.75) is 30.5 Å². The summed E-state index contributed by atoms with van der Waals surface area (Å²) >= 11 is 1.24. The predicted molar refractivity (Wildman–Crippen MR) is 47.5 cm³/mol. The minimum atomic E-state index is -0.525. The molecule has 0 aromatic rings. The molecule has 2 fully saturated rings. The van der Waals surface area contributed by atoms with Crippen molar-refractivity contribution in [3.05, 3.63) is 0 Å². The average Bonchev–Trinajstić information content (AvgIpc) is 2.56. The van der Waals surface area contributed by atoms with Crippen LogP contribution in [-0.4, -0.2) is 47.0 Å². The topological polar surface area (TPSA) is 55.8 Å². The van der Waals surface area contributed by atoms with E-state index in [1.807, 2.05) is 0 Å². The van der Waals surface area contributed by atoms with Gasteiger partial charge in [-0.05, 0) is 0 Å². The molecule has 0 radical (unpaired) electrons. The van der Waals surface area contributed by atoms with E-state index in [0.29, 0.717) is 13.2 Å². The van der Waals surface area contributed by atoms with Crippen molar-refractivity contribution in [2.75, 3.05) is 13.2 Å². The quantitative estimate of drug-likeness (QED) is 0.640. The van der Waals surface area contributed by atoms with Crippen LogP contribution in [0, 0.1) is 0 Å². The Bertz CT molecular complexity index is 220. The van der Waals surface area contributed by atoms with Crippen LogP contribution in [0.15, 0.2) is 0 Å². The van der Waals surface area contributed by atoms with Crippen molar-refractivity contribution in [1.82, 2.24) is 0 Å². The lowest BCUT2D eigenvalue weighted by Crippen LogP contribution is -2.30. The van der Waals surface area contributed by atoms with Gasteiger partial charge in [0.05, 0.1) is 18.5 Å². The Morgan fingerprint density at radius 2 is 2.08 bits per heavy atom. The first kappa shape index (κ1) is 9.45. The summed E-state index contributed by atoms with van der Waals surface area (Å²) in [5, 5.41) is 9.53. The smallest absolute Gasteiger partial charge is 0.186 e. The first-order valence-electron chi connectivity index (χ1n) is 4.27. The van der Waals surface area contributed by atoms with Crippen molar-refractivity contribution in [1.29, 1.82) is 0 Å². The van der Waals surface area contributed by atoms with Gasteiger partial charge in [0.15, 0.2) is 5.12 Å². The van der Waals surface area contributed by atoms with Gasteiger partial charge < -0.3 is 14.6 Å². The average molecular weight is 204 g/mol. The van der Waals surface area contributed by atoms with E-state index >= 15 is 0 Å². The molecule has 74 valence electrons. The number of carbonyl (C=O) groups is 1. The summed E-state index contributed by atoms with van der Waals surface area (Å²) in [5.74, 6) is 0. The molecule has 1 N–H and O–H groups in total. The van der Waals surface area contributed by atoms with Gasteiger partial charge in [0, 0.05) is 6.92 Å². The number of thioether (sulfide) groups is 1. The van der Waals surface area contributed by atoms with Crippen molar-refractivity contribution in [2.24, 2.45) is 0 Å². The molecule has 2 aliphatic heterocycles. The van der Waals surface area contributed by atoms with Gasteiger partial charge in [-0.25, -0.2) is 0 Å². The molecule has 5 heteroatoms. The van der Waals surface area contributed by atoms with Crippen LogP contribution >= 0.6 is 11.8 Å². The molecule has 0 unspecified atom stereocenters. The number of aliphatic hydroxyl groups excluding tert-OH is 1. The van der Waals surface area contributed by atoms with Crippen molar-refractivity contribution in [3.63, 3.8) is 0 Å². The Kier molecular flexibility index (Phi) is 2.60. The fourth-order valence-electron chi connectivity index (χ4n) is 1.76. The van der Waals surface area contributed by atoms with Crippen molar-refractivity contribution < 1.29 is 19.4 Å². The molecule has 0 aromatic carbocycles. The molecule has 4 atom stereocenters. The summed E-state index contributed by atoms with van der Waals surface area (Å²) in [4.78, 5) is 10.9. The van der Waals surface area contributed by atoms with Gasteiger partial charge in [0.1, 0.15) is 18.3 Å². The fraction of sp³-hybridized carbons (Fsp3) is 0.875. The summed E-state index contributed by atoms with van der Waals surface area (Å²) in [6.45, 7) is 2.35. The van der Waals surface area contributed by atoms with Gasteiger partial charge in [-0.2, -0.15) is 0 Å². The Labute approximate surface area is 80.6 Å². The molecular weight excluding hydrogens is 192 g/mol. The lowest BCUT2D eigenvalue weighted by molar-refractivity contribution is -0.109. The highest BCUT2D eigenvalue weighted by atomic mass is 32.2. The van der Waals surface area contributed by atoms with Crippen molar-refractivity contribution >= 4 is 16.9 Å². The normalized spacial score (nSPS) is 43.5. The highest BCUT2D eigenvalue weighted by Crippen LogP contribution is 2.33. The molecule has 13 heavy (non-hydrogen) atoms. The van der Waals surface area contributed by atoms with Crippen LogP contribution in [0.4, 0.5) is 0 Å². The second-order valence-corrected chi connectivity index (χ2v) is 4.73. The third-order valence-corrected chi connectivity index (χ3v) is 3.34. The molecule has 0 spiro atoms. The molecule has 2 aliphatic rings. The number of ether oxygens (including phenoxy) is 2. The Balaban J connectivity index is 1.98. The van der Waals surface area contributed by atoms with E-state index < -0.39 is 6.10 Å². The molecule has 0 amide bonds. The zero-order valence-electron chi connectivity index (χ0n) is 7.30. The first-order chi connectivity index (χ1) is 6.18. The Morgan fingerprint density at radius 3 is 2.77 bits per heavy atom. The van der Waals surface area contributed by atoms with Crippen LogP contribution in [-0.2, 0) is 14.3 Å². The van der Waals surface area contributed by atoms with Gasteiger partial charge in [-0.15, -0.1) is 0 Å². The molecule has 2 heterocycles. The van der Waals surface area contributed by atoms with Crippen LogP contribution < -0.4 is 0 Å². The monoisotopic (exact) mass is 204 g/mol. The van der Waals surface area contributed by atoms with Crippen LogP contribution in [0.1, 0.15) is 6.92 Å². The second kappa shape index (κ2) is 3.57. The maximum absolute atomic E-state index is 10.9. The number of aliphatic hydroxyl groups is 1. The maximum Gasteiger partial charge on any atom is 0.186 e. The highest BCUT2D eigenvalue weighted by molar-refractivity contribution is 8.14. The zero-order chi connectivity index (χ0) is 9.42. The molecule has 4 nitrogen and oxygen atoms in total. The van der Waals surface area contributed by atoms with E-state index in [9.17, 15) is 9.90 Å². The molecular formula is C8H12O4S. The van der Waals surface area contributed by atoms with E-state index in [1.165, 1.54) is 18.7 Å². The number of hydrogen-bond donors (Lipinski definition) is 1. The molecule has 0 saturated carbocycles. The lowest BCUT2D eigenvalue weighted by atomic mass is 10.1. The third-order valence-electron chi connectivity index (χ3n) is 2.30. The van der Waals surface area contributed by atoms with E-state index in [-0.39, 0.29) is 22.6 Å². The van der Waals surface area contributed by atoms with Gasteiger partial charge >= 0.3 is 0 Å². The number of carbonyl (C=O) groups excluding carboxylic acids is 1. The maximum atomic E-state index is 10.9. The fourth-order valence-corrected chi connectivity index (χ4v) is 2.70. The van der Waals surface area contributed by atoms with Gasteiger partial charge in [0.25, 0.3) is 0 Å². The molecule has 0 bridgehead atoms. The summed E-state index contributed by atoms with van der Waals surface area (Å²) in [5.41, 5.74) is 0. The van der Waals surface area contributed by atoms with Gasteiger partial charge in [-0.1, -0.05) is 11.8 Å². The van der Waals surface area contributed by atoms with Crippen LogP contribution in [0.2, 0.25) is 0 Å². The minimum absolute atomic E-state index is 0.0552. The second-order valence-electron chi connectivity index (χ2n) is 3.31. The van der Waals surface area contributed by atoms with Gasteiger partial charge in [0.2, 0.25) is 0 Å². The van der Waals surface area contributed by atoms with E-state index in [4.69, 9.17) is 9.47 Å². The summed E-state index contributed by atoms with van der Waals surface area (Å²) in [6.07, 6.45) is -0.858. The van der Waals surface area contributed by atoms with E-state index in [1.54, 1.807) is 0 Å². The SMILES string of the molecule is CC(=O)S[C@H]1CO[C@H]2[C@@H]1OC[C@@H]2O. The molecule has 0 aliphatic carbocycles. The lowest BCUT2D eigenvalue weighted by Gasteiger charge is -2.12. The van der Waals surface area contributed by atoms with Gasteiger partial charge in [-0.3, -0.25) is 4.79 Å². The van der Waals surface area contributed by atoms with Crippen LogP contribution in [0.5, 0.6) is 0 Å². The van der Waals surface area contributed by atoms with E-state index in [2.05, 4.69) is 0 Å². The molecule has 2 saturated heterocycles.